The minimum absolute atomic E-state index is 0.0585. The number of hydrogen-bond acceptors (Lipinski definition) is 6. The topological polar surface area (TPSA) is 91.8 Å². The largest absolute Gasteiger partial charge is 0.466 e. The van der Waals surface area contributed by atoms with Crippen molar-refractivity contribution in [3.63, 3.8) is 0 Å². The van der Waals surface area contributed by atoms with Crippen molar-refractivity contribution in [1.29, 1.82) is 0 Å². The second-order valence-electron chi connectivity index (χ2n) is 7.07. The number of pyridine rings is 1. The number of nitrogens with two attached hydrogens (primary N) is 1. The van der Waals surface area contributed by atoms with Gasteiger partial charge < -0.3 is 15.7 Å². The molecule has 0 fully saturated rings. The molecule has 140 valence electrons. The molecule has 2 heterocycles. The van der Waals surface area contributed by atoms with Crippen molar-refractivity contribution in [1.82, 2.24) is 9.90 Å². The minimum Gasteiger partial charge on any atom is -0.428 e. The molecule has 0 saturated carbocycles. The first-order chi connectivity index (χ1) is 13.6. The Morgan fingerprint density at radius 1 is 1.21 bits per heavy atom. The van der Waals surface area contributed by atoms with Gasteiger partial charge in [-0.15, -0.1) is 0 Å². The van der Waals surface area contributed by atoms with Crippen LogP contribution in [0.25, 0.3) is 10.8 Å². The maximum absolute atomic E-state index is 13.0. The van der Waals surface area contributed by atoms with E-state index < -0.39 is 13.0 Å². The number of carbonyl (C=O) groups is 1. The zero-order chi connectivity index (χ0) is 19.7. The van der Waals surface area contributed by atoms with Crippen LogP contribution >= 0.6 is 0 Å². The highest BCUT2D eigenvalue weighted by Gasteiger charge is 2.28. The maximum atomic E-state index is 13.0. The predicted octanol–water partition coefficient (Wildman–Crippen LogP) is 1.06. The number of rotatable bonds is 5. The minimum atomic E-state index is -0.831. The summed E-state index contributed by atoms with van der Waals surface area (Å²) in [6, 6.07) is 13.5. The monoisotopic (exact) mass is 372 g/mol. The van der Waals surface area contributed by atoms with Crippen LogP contribution in [-0.4, -0.2) is 47.6 Å². The van der Waals surface area contributed by atoms with Crippen LogP contribution in [0.1, 0.15) is 22.6 Å². The first-order valence-corrected chi connectivity index (χ1v) is 9.21. The number of fused-ring (bicyclic) bond motifs is 2. The fourth-order valence-corrected chi connectivity index (χ4v) is 3.59. The highest BCUT2D eigenvalue weighted by Crippen LogP contribution is 2.21. The quantitative estimate of drug-likeness (QED) is 0.654. The molecule has 28 heavy (non-hydrogen) atoms. The van der Waals surface area contributed by atoms with Gasteiger partial charge in [-0.2, -0.15) is 5.10 Å². The van der Waals surface area contributed by atoms with E-state index in [0.29, 0.717) is 6.42 Å². The van der Waals surface area contributed by atoms with Gasteiger partial charge in [0.1, 0.15) is 5.78 Å². The van der Waals surface area contributed by atoms with Crippen molar-refractivity contribution in [2.24, 2.45) is 10.8 Å². The standard InChI is InChI=1S/C21H21BN4O2/c1-26-22(28)20-10-16(4-5-18(20)13-25-26)19(11-23)21(27)9-14-2-3-17-12-24-7-6-15(17)8-14/h2-8,10,12-13,19,28H,9,11,23H2,1H3/t19-/m1/s1. The van der Waals surface area contributed by atoms with Crippen molar-refractivity contribution in [2.45, 2.75) is 12.3 Å². The van der Waals surface area contributed by atoms with Crippen molar-refractivity contribution in [2.75, 3.05) is 13.6 Å². The number of carbonyl (C=O) groups excluding carboxylic acids is 1. The predicted molar refractivity (Wildman–Crippen MR) is 112 cm³/mol. The first-order valence-electron chi connectivity index (χ1n) is 9.21. The van der Waals surface area contributed by atoms with Gasteiger partial charge in [-0.1, -0.05) is 36.4 Å². The van der Waals surface area contributed by atoms with Crippen LogP contribution in [-0.2, 0) is 11.2 Å². The number of hydrogen-bond donors (Lipinski definition) is 2. The Morgan fingerprint density at radius 2 is 2.07 bits per heavy atom. The van der Waals surface area contributed by atoms with E-state index in [0.717, 1.165) is 32.9 Å². The molecule has 0 radical (unpaired) electrons. The van der Waals surface area contributed by atoms with Gasteiger partial charge in [0.2, 0.25) is 0 Å². The Morgan fingerprint density at radius 3 is 2.89 bits per heavy atom. The molecule has 7 heteroatoms. The van der Waals surface area contributed by atoms with E-state index in [4.69, 9.17) is 5.73 Å². The van der Waals surface area contributed by atoms with E-state index in [-0.39, 0.29) is 12.3 Å². The molecule has 1 aromatic heterocycles. The van der Waals surface area contributed by atoms with Gasteiger partial charge in [-0.3, -0.25) is 9.78 Å². The van der Waals surface area contributed by atoms with Crippen LogP contribution in [0.5, 0.6) is 0 Å². The van der Waals surface area contributed by atoms with E-state index in [2.05, 4.69) is 10.1 Å². The lowest BCUT2D eigenvalue weighted by atomic mass is 9.69. The summed E-state index contributed by atoms with van der Waals surface area (Å²) < 4.78 is 0. The molecule has 0 saturated heterocycles. The van der Waals surface area contributed by atoms with Gasteiger partial charge in [-0.05, 0) is 33.6 Å². The fourth-order valence-electron chi connectivity index (χ4n) is 3.59. The summed E-state index contributed by atoms with van der Waals surface area (Å²) in [7, 11) is 0.875. The molecule has 2 aromatic carbocycles. The van der Waals surface area contributed by atoms with Gasteiger partial charge in [0, 0.05) is 37.8 Å². The number of hydrazone groups is 1. The Labute approximate surface area is 163 Å². The highest BCUT2D eigenvalue weighted by atomic mass is 16.2. The molecule has 0 aliphatic carbocycles. The Hall–Kier alpha value is -3.03. The van der Waals surface area contributed by atoms with E-state index in [1.54, 1.807) is 19.5 Å². The summed E-state index contributed by atoms with van der Waals surface area (Å²) in [6.07, 6.45) is 5.56. The van der Waals surface area contributed by atoms with E-state index >= 15 is 0 Å². The summed E-state index contributed by atoms with van der Waals surface area (Å²) in [5.41, 5.74) is 9.31. The molecular formula is C21H21BN4O2. The SMILES string of the molecule is CN1N=Cc2ccc([C@@H](CN)C(=O)Cc3ccc4cnccc4c3)cc2B1O. The van der Waals surface area contributed by atoms with Gasteiger partial charge >= 0.3 is 7.05 Å². The molecule has 0 amide bonds. The maximum Gasteiger partial charge on any atom is 0.466 e. The Kier molecular flexibility index (Phi) is 4.94. The number of aromatic nitrogens is 1. The molecule has 1 aliphatic rings. The van der Waals surface area contributed by atoms with Gasteiger partial charge in [0.25, 0.3) is 0 Å². The average Bonchev–Trinajstić information content (AvgIpc) is 2.71. The Balaban J connectivity index is 1.59. The molecular weight excluding hydrogens is 351 g/mol. The van der Waals surface area contributed by atoms with Gasteiger partial charge in [0.15, 0.2) is 0 Å². The van der Waals surface area contributed by atoms with Crippen LogP contribution < -0.4 is 11.2 Å². The molecule has 0 unspecified atom stereocenters. The third-order valence-electron chi connectivity index (χ3n) is 5.23. The molecule has 6 nitrogen and oxygen atoms in total. The highest BCUT2D eigenvalue weighted by molar-refractivity contribution is 6.65. The van der Waals surface area contributed by atoms with Gasteiger partial charge in [-0.25, -0.2) is 0 Å². The lowest BCUT2D eigenvalue weighted by molar-refractivity contribution is -0.119. The van der Waals surface area contributed by atoms with E-state index in [9.17, 15) is 9.82 Å². The molecule has 3 aromatic rings. The zero-order valence-electron chi connectivity index (χ0n) is 15.6. The fraction of sp³-hybridized carbons (Fsp3) is 0.190. The second kappa shape index (κ2) is 7.54. The van der Waals surface area contributed by atoms with Crippen LogP contribution in [0.15, 0.2) is 60.0 Å². The second-order valence-corrected chi connectivity index (χ2v) is 7.07. The van der Waals surface area contributed by atoms with Crippen LogP contribution in [0, 0.1) is 0 Å². The normalized spacial score (nSPS) is 14.2. The van der Waals surface area contributed by atoms with Crippen LogP contribution in [0.2, 0.25) is 0 Å². The number of Topliss-reactive ketones (excluding diaryl/α,β-unsaturated/α-hetero) is 1. The summed E-state index contributed by atoms with van der Waals surface area (Å²) in [5.74, 6) is -0.363. The number of benzene rings is 2. The molecule has 0 bridgehead atoms. The molecule has 4 rings (SSSR count). The zero-order valence-corrected chi connectivity index (χ0v) is 15.6. The summed E-state index contributed by atoms with van der Waals surface area (Å²) in [5, 5.41) is 16.6. The smallest absolute Gasteiger partial charge is 0.428 e. The van der Waals surface area contributed by atoms with Gasteiger partial charge in [0.05, 0.1) is 12.1 Å². The molecule has 1 atom stereocenters. The first kappa shape index (κ1) is 18.3. The molecule has 3 N–H and O–H groups in total. The third-order valence-corrected chi connectivity index (χ3v) is 5.23. The van der Waals surface area contributed by atoms with Crippen molar-refractivity contribution in [3.8, 4) is 0 Å². The Bertz CT molecular complexity index is 1070. The molecule has 0 spiro atoms. The summed E-state index contributed by atoms with van der Waals surface area (Å²) in [4.78, 5) is 18.6. The third kappa shape index (κ3) is 3.42. The van der Waals surface area contributed by atoms with Crippen molar-refractivity contribution in [3.05, 3.63) is 71.5 Å². The average molecular weight is 372 g/mol. The van der Waals surface area contributed by atoms with Crippen molar-refractivity contribution >= 4 is 35.3 Å². The summed E-state index contributed by atoms with van der Waals surface area (Å²) in [6.45, 7) is 0.217. The lowest BCUT2D eigenvalue weighted by Gasteiger charge is -2.24. The van der Waals surface area contributed by atoms with Crippen LogP contribution in [0.4, 0.5) is 0 Å². The number of nitrogens with zero attached hydrogens (tertiary/aromatic N) is 3. The van der Waals surface area contributed by atoms with E-state index in [1.165, 1.54) is 4.92 Å². The molecule has 1 aliphatic heterocycles. The van der Waals surface area contributed by atoms with Crippen LogP contribution in [0.3, 0.4) is 0 Å². The van der Waals surface area contributed by atoms with E-state index in [1.807, 2.05) is 48.7 Å². The lowest BCUT2D eigenvalue weighted by Crippen LogP contribution is -2.48. The summed E-state index contributed by atoms with van der Waals surface area (Å²) >= 11 is 0. The van der Waals surface area contributed by atoms with Crippen molar-refractivity contribution < 1.29 is 9.82 Å². The number of ketones is 1.